The SMILES string of the molecule is CCOc1cccc(OCCNC(=O)Nc2ccc(C)cc2)c1. The average Bonchev–Trinajstić information content (AvgIpc) is 2.55. The third-order valence-corrected chi connectivity index (χ3v) is 3.08. The van der Waals surface area contributed by atoms with Crippen LogP contribution in [0.2, 0.25) is 0 Å². The summed E-state index contributed by atoms with van der Waals surface area (Å²) in [5, 5.41) is 5.52. The topological polar surface area (TPSA) is 59.6 Å². The van der Waals surface area contributed by atoms with Crippen molar-refractivity contribution in [2.24, 2.45) is 0 Å². The number of carbonyl (C=O) groups is 1. The van der Waals surface area contributed by atoms with Crippen molar-refractivity contribution in [1.82, 2.24) is 5.32 Å². The number of anilines is 1. The molecule has 2 amide bonds. The molecule has 0 radical (unpaired) electrons. The number of amides is 2. The summed E-state index contributed by atoms with van der Waals surface area (Å²) in [4.78, 5) is 11.8. The molecule has 0 heterocycles. The second-order valence-corrected chi connectivity index (χ2v) is 5.00. The molecule has 0 aliphatic rings. The molecule has 2 aromatic rings. The van der Waals surface area contributed by atoms with Crippen molar-refractivity contribution in [3.8, 4) is 11.5 Å². The maximum atomic E-state index is 11.8. The lowest BCUT2D eigenvalue weighted by atomic mass is 10.2. The van der Waals surface area contributed by atoms with Gasteiger partial charge in [-0.05, 0) is 38.1 Å². The van der Waals surface area contributed by atoms with Crippen LogP contribution in [0.15, 0.2) is 48.5 Å². The van der Waals surface area contributed by atoms with Crippen molar-refractivity contribution >= 4 is 11.7 Å². The largest absolute Gasteiger partial charge is 0.494 e. The van der Waals surface area contributed by atoms with Crippen molar-refractivity contribution in [1.29, 1.82) is 0 Å². The Morgan fingerprint density at radius 2 is 1.74 bits per heavy atom. The van der Waals surface area contributed by atoms with E-state index in [4.69, 9.17) is 9.47 Å². The minimum absolute atomic E-state index is 0.250. The Balaban J connectivity index is 1.69. The molecule has 2 rings (SSSR count). The van der Waals surface area contributed by atoms with E-state index in [9.17, 15) is 4.79 Å². The zero-order chi connectivity index (χ0) is 16.5. The highest BCUT2D eigenvalue weighted by Gasteiger charge is 2.01. The van der Waals surface area contributed by atoms with Gasteiger partial charge < -0.3 is 20.1 Å². The van der Waals surface area contributed by atoms with E-state index in [1.807, 2.05) is 62.4 Å². The number of nitrogens with one attached hydrogen (secondary N) is 2. The summed E-state index contributed by atoms with van der Waals surface area (Å²) in [5.41, 5.74) is 1.91. The van der Waals surface area contributed by atoms with Crippen molar-refractivity contribution in [3.05, 3.63) is 54.1 Å². The van der Waals surface area contributed by atoms with Crippen molar-refractivity contribution in [2.45, 2.75) is 13.8 Å². The Kier molecular flexibility index (Phi) is 6.29. The van der Waals surface area contributed by atoms with Gasteiger partial charge in [-0.3, -0.25) is 0 Å². The lowest BCUT2D eigenvalue weighted by Crippen LogP contribution is -2.32. The highest BCUT2D eigenvalue weighted by atomic mass is 16.5. The maximum Gasteiger partial charge on any atom is 0.319 e. The average molecular weight is 314 g/mol. The Bertz CT molecular complexity index is 626. The van der Waals surface area contributed by atoms with Gasteiger partial charge in [-0.25, -0.2) is 4.79 Å². The van der Waals surface area contributed by atoms with Gasteiger partial charge >= 0.3 is 6.03 Å². The Hall–Kier alpha value is -2.69. The minimum Gasteiger partial charge on any atom is -0.494 e. The van der Waals surface area contributed by atoms with Gasteiger partial charge in [0.15, 0.2) is 0 Å². The number of carbonyl (C=O) groups excluding carboxylic acids is 1. The van der Waals surface area contributed by atoms with E-state index in [1.54, 1.807) is 0 Å². The Morgan fingerprint density at radius 1 is 1.04 bits per heavy atom. The number of urea groups is 1. The lowest BCUT2D eigenvalue weighted by molar-refractivity contribution is 0.247. The summed E-state index contributed by atoms with van der Waals surface area (Å²) in [6.45, 7) is 5.35. The van der Waals surface area contributed by atoms with Crippen LogP contribution in [0, 0.1) is 6.92 Å². The molecular weight excluding hydrogens is 292 g/mol. The van der Waals surface area contributed by atoms with E-state index >= 15 is 0 Å². The zero-order valence-electron chi connectivity index (χ0n) is 13.5. The second-order valence-electron chi connectivity index (χ2n) is 5.00. The third kappa shape index (κ3) is 5.90. The van der Waals surface area contributed by atoms with Gasteiger partial charge in [0.2, 0.25) is 0 Å². The molecule has 23 heavy (non-hydrogen) atoms. The molecule has 0 saturated heterocycles. The number of rotatable bonds is 7. The van der Waals surface area contributed by atoms with Gasteiger partial charge in [0.05, 0.1) is 13.2 Å². The first-order chi connectivity index (χ1) is 11.2. The second kappa shape index (κ2) is 8.68. The molecule has 0 spiro atoms. The number of aryl methyl sites for hydroxylation is 1. The van der Waals surface area contributed by atoms with Crippen LogP contribution in [0.1, 0.15) is 12.5 Å². The first-order valence-corrected chi connectivity index (χ1v) is 7.64. The molecular formula is C18H22N2O3. The summed E-state index contributed by atoms with van der Waals surface area (Å²) in [7, 11) is 0. The molecule has 0 unspecified atom stereocenters. The van der Waals surface area contributed by atoms with Crippen LogP contribution < -0.4 is 20.1 Å². The quantitative estimate of drug-likeness (QED) is 0.768. The van der Waals surface area contributed by atoms with Gasteiger partial charge in [0, 0.05) is 11.8 Å². The van der Waals surface area contributed by atoms with Gasteiger partial charge in [-0.15, -0.1) is 0 Å². The predicted molar refractivity (Wildman–Crippen MR) is 91.3 cm³/mol. The van der Waals surface area contributed by atoms with Crippen LogP contribution in [-0.2, 0) is 0 Å². The van der Waals surface area contributed by atoms with Gasteiger partial charge in [-0.2, -0.15) is 0 Å². The first kappa shape index (κ1) is 16.7. The first-order valence-electron chi connectivity index (χ1n) is 7.64. The van der Waals surface area contributed by atoms with Crippen molar-refractivity contribution < 1.29 is 14.3 Å². The van der Waals surface area contributed by atoms with Crippen molar-refractivity contribution in [3.63, 3.8) is 0 Å². The molecule has 2 N–H and O–H groups in total. The smallest absolute Gasteiger partial charge is 0.319 e. The van der Waals surface area contributed by atoms with Crippen LogP contribution in [0.25, 0.3) is 0 Å². The summed E-state index contributed by atoms with van der Waals surface area (Å²) in [6, 6.07) is 14.8. The molecule has 0 aliphatic heterocycles. The number of benzene rings is 2. The normalized spacial score (nSPS) is 10.0. The zero-order valence-corrected chi connectivity index (χ0v) is 13.5. The predicted octanol–water partition coefficient (Wildman–Crippen LogP) is 3.59. The molecule has 0 saturated carbocycles. The molecule has 0 fully saturated rings. The van der Waals surface area contributed by atoms with Crippen LogP contribution in [-0.4, -0.2) is 25.8 Å². The molecule has 5 heteroatoms. The van der Waals surface area contributed by atoms with Crippen LogP contribution >= 0.6 is 0 Å². The van der Waals surface area contributed by atoms with Crippen LogP contribution in [0.4, 0.5) is 10.5 Å². The van der Waals surface area contributed by atoms with Crippen LogP contribution in [0.3, 0.4) is 0 Å². The Labute approximate surface area is 136 Å². The standard InChI is InChI=1S/C18H22N2O3/c1-3-22-16-5-4-6-17(13-16)23-12-11-19-18(21)20-15-9-7-14(2)8-10-15/h4-10,13H,3,11-12H2,1-2H3,(H2,19,20,21). The number of hydrogen-bond donors (Lipinski definition) is 2. The molecule has 0 bridgehead atoms. The van der Waals surface area contributed by atoms with Crippen molar-refractivity contribution in [2.75, 3.05) is 25.1 Å². The van der Waals surface area contributed by atoms with E-state index in [1.165, 1.54) is 0 Å². The fourth-order valence-electron chi connectivity index (χ4n) is 1.97. The third-order valence-electron chi connectivity index (χ3n) is 3.08. The molecule has 122 valence electrons. The van der Waals surface area contributed by atoms with Gasteiger partial charge in [0.25, 0.3) is 0 Å². The van der Waals surface area contributed by atoms with E-state index in [-0.39, 0.29) is 6.03 Å². The fraction of sp³-hybridized carbons (Fsp3) is 0.278. The van der Waals surface area contributed by atoms with E-state index in [0.717, 1.165) is 22.7 Å². The van der Waals surface area contributed by atoms with Gasteiger partial charge in [-0.1, -0.05) is 23.8 Å². The minimum atomic E-state index is -0.250. The number of ether oxygens (including phenoxy) is 2. The lowest BCUT2D eigenvalue weighted by Gasteiger charge is -2.10. The van der Waals surface area contributed by atoms with E-state index in [0.29, 0.717) is 19.8 Å². The molecule has 0 aromatic heterocycles. The van der Waals surface area contributed by atoms with Gasteiger partial charge in [0.1, 0.15) is 18.1 Å². The maximum absolute atomic E-state index is 11.8. The molecule has 0 atom stereocenters. The molecule has 0 aliphatic carbocycles. The highest BCUT2D eigenvalue weighted by molar-refractivity contribution is 5.89. The molecule has 2 aromatic carbocycles. The molecule has 5 nitrogen and oxygen atoms in total. The summed E-state index contributed by atoms with van der Waals surface area (Å²) < 4.78 is 11.0. The monoisotopic (exact) mass is 314 g/mol. The van der Waals surface area contributed by atoms with E-state index in [2.05, 4.69) is 10.6 Å². The summed E-state index contributed by atoms with van der Waals surface area (Å²) >= 11 is 0. The summed E-state index contributed by atoms with van der Waals surface area (Å²) in [6.07, 6.45) is 0. The fourth-order valence-corrected chi connectivity index (χ4v) is 1.97. The number of hydrogen-bond acceptors (Lipinski definition) is 3. The van der Waals surface area contributed by atoms with E-state index < -0.39 is 0 Å². The van der Waals surface area contributed by atoms with Crippen LogP contribution in [0.5, 0.6) is 11.5 Å². The summed E-state index contributed by atoms with van der Waals surface area (Å²) in [5.74, 6) is 1.49. The Morgan fingerprint density at radius 3 is 2.43 bits per heavy atom. The highest BCUT2D eigenvalue weighted by Crippen LogP contribution is 2.19.